The number of carbonyl (C=O) groups is 2. The van der Waals surface area contributed by atoms with E-state index in [1.807, 2.05) is 0 Å². The standard InChI is InChI=1S/C26H37N3O7/c30-19-14-29(26(32)18-4-7-22-23(12-18)35-17-34-22)21-6-5-20(36-24(21)16-33-15-19)13-25(31)27-8-11-28-9-2-1-3-10-28/h4,7,12,19-21,24,30H,1-3,5-6,8-11,13-17H2,(H,27,31)/t19-,20+,21-,24+/m1/s1. The van der Waals surface area contributed by atoms with E-state index < -0.39 is 6.10 Å². The summed E-state index contributed by atoms with van der Waals surface area (Å²) in [6.45, 7) is 4.43. The first-order chi connectivity index (χ1) is 17.6. The number of amides is 2. The minimum atomic E-state index is -0.785. The van der Waals surface area contributed by atoms with E-state index in [1.54, 1.807) is 23.1 Å². The van der Waals surface area contributed by atoms with Gasteiger partial charge in [0, 0.05) is 25.2 Å². The average molecular weight is 504 g/mol. The van der Waals surface area contributed by atoms with Gasteiger partial charge in [-0.05, 0) is 57.0 Å². The normalized spacial score (nSPS) is 28.6. The summed E-state index contributed by atoms with van der Waals surface area (Å²) in [4.78, 5) is 30.2. The topological polar surface area (TPSA) is 110 Å². The van der Waals surface area contributed by atoms with Gasteiger partial charge in [0.25, 0.3) is 5.91 Å². The van der Waals surface area contributed by atoms with Crippen LogP contribution in [0, 0.1) is 0 Å². The molecule has 4 heterocycles. The Morgan fingerprint density at radius 1 is 1.06 bits per heavy atom. The van der Waals surface area contributed by atoms with Crippen molar-refractivity contribution in [1.82, 2.24) is 15.1 Å². The lowest BCUT2D eigenvalue weighted by Gasteiger charge is -2.44. The molecule has 3 saturated heterocycles. The summed E-state index contributed by atoms with van der Waals surface area (Å²) in [6, 6.07) is 4.87. The highest BCUT2D eigenvalue weighted by Crippen LogP contribution is 2.34. The molecule has 2 amide bonds. The van der Waals surface area contributed by atoms with Gasteiger partial charge in [0.05, 0.1) is 37.9 Å². The molecular formula is C26H37N3O7. The molecule has 1 aromatic rings. The Morgan fingerprint density at radius 3 is 2.75 bits per heavy atom. The molecule has 0 aliphatic carbocycles. The van der Waals surface area contributed by atoms with Gasteiger partial charge in [-0.15, -0.1) is 0 Å². The quantitative estimate of drug-likeness (QED) is 0.595. The van der Waals surface area contributed by atoms with E-state index in [0.29, 0.717) is 42.9 Å². The Hall–Kier alpha value is -2.40. The maximum absolute atomic E-state index is 13.5. The highest BCUT2D eigenvalue weighted by molar-refractivity contribution is 5.95. The van der Waals surface area contributed by atoms with Gasteiger partial charge in [0.1, 0.15) is 6.10 Å². The number of rotatable bonds is 6. The van der Waals surface area contributed by atoms with Crippen LogP contribution in [-0.2, 0) is 14.3 Å². The van der Waals surface area contributed by atoms with Crippen LogP contribution in [0.1, 0.15) is 48.9 Å². The van der Waals surface area contributed by atoms with Gasteiger partial charge in [0.15, 0.2) is 11.5 Å². The molecule has 4 aliphatic heterocycles. The number of hydrogen-bond donors (Lipinski definition) is 2. The minimum absolute atomic E-state index is 0.00839. The first-order valence-corrected chi connectivity index (χ1v) is 13.2. The Bertz CT molecular complexity index is 923. The number of fused-ring (bicyclic) bond motifs is 2. The van der Waals surface area contributed by atoms with E-state index in [-0.39, 0.29) is 56.6 Å². The predicted molar refractivity (Wildman–Crippen MR) is 130 cm³/mol. The second kappa shape index (κ2) is 11.8. The fourth-order valence-corrected chi connectivity index (χ4v) is 5.59. The Labute approximate surface area is 211 Å². The van der Waals surface area contributed by atoms with Crippen LogP contribution < -0.4 is 14.8 Å². The predicted octanol–water partition coefficient (Wildman–Crippen LogP) is 1.16. The summed E-state index contributed by atoms with van der Waals surface area (Å²) in [5, 5.41) is 13.4. The van der Waals surface area contributed by atoms with E-state index in [1.165, 1.54) is 19.3 Å². The molecule has 10 heteroatoms. The lowest BCUT2D eigenvalue weighted by Crippen LogP contribution is -2.57. The highest BCUT2D eigenvalue weighted by Gasteiger charge is 2.40. The van der Waals surface area contributed by atoms with Gasteiger partial charge < -0.3 is 39.2 Å². The van der Waals surface area contributed by atoms with E-state index in [2.05, 4.69) is 10.2 Å². The van der Waals surface area contributed by atoms with Gasteiger partial charge >= 0.3 is 0 Å². The first kappa shape index (κ1) is 25.3. The van der Waals surface area contributed by atoms with Crippen LogP contribution in [0.3, 0.4) is 0 Å². The van der Waals surface area contributed by atoms with Crippen LogP contribution in [0.25, 0.3) is 0 Å². The molecule has 0 bridgehead atoms. The molecule has 4 atom stereocenters. The molecular weight excluding hydrogens is 466 g/mol. The summed E-state index contributed by atoms with van der Waals surface area (Å²) in [5.74, 6) is 0.954. The molecule has 198 valence electrons. The fourth-order valence-electron chi connectivity index (χ4n) is 5.59. The number of likely N-dealkylation sites (tertiary alicyclic amines) is 1. The average Bonchev–Trinajstić information content (AvgIpc) is 3.35. The van der Waals surface area contributed by atoms with Crippen molar-refractivity contribution >= 4 is 11.8 Å². The molecule has 5 rings (SSSR count). The molecule has 0 spiro atoms. The number of β-amino-alcohol motifs (C(OH)–C–C–N with tert-alkyl or cyclic N) is 1. The largest absolute Gasteiger partial charge is 0.454 e. The van der Waals surface area contributed by atoms with Crippen LogP contribution in [0.5, 0.6) is 11.5 Å². The van der Waals surface area contributed by atoms with E-state index in [0.717, 1.165) is 19.6 Å². The number of aliphatic hydroxyl groups excluding tert-OH is 1. The second-order valence-corrected chi connectivity index (χ2v) is 10.1. The lowest BCUT2D eigenvalue weighted by atomic mass is 9.94. The van der Waals surface area contributed by atoms with Crippen molar-refractivity contribution in [3.05, 3.63) is 23.8 Å². The number of aliphatic hydroxyl groups is 1. The molecule has 0 aromatic heterocycles. The number of nitrogens with zero attached hydrogens (tertiary/aromatic N) is 2. The van der Waals surface area contributed by atoms with Crippen molar-refractivity contribution in [2.24, 2.45) is 0 Å². The number of piperidine rings is 1. The van der Waals surface area contributed by atoms with Crippen LogP contribution in [-0.4, -0.2) is 104 Å². The minimum Gasteiger partial charge on any atom is -0.454 e. The van der Waals surface area contributed by atoms with Crippen LogP contribution in [0.2, 0.25) is 0 Å². The maximum Gasteiger partial charge on any atom is 0.254 e. The molecule has 3 fully saturated rings. The smallest absolute Gasteiger partial charge is 0.254 e. The third kappa shape index (κ3) is 6.11. The third-order valence-electron chi connectivity index (χ3n) is 7.47. The summed E-state index contributed by atoms with van der Waals surface area (Å²) in [7, 11) is 0. The van der Waals surface area contributed by atoms with Gasteiger partial charge in [0.2, 0.25) is 12.7 Å². The molecule has 0 saturated carbocycles. The zero-order valence-electron chi connectivity index (χ0n) is 20.7. The summed E-state index contributed by atoms with van der Waals surface area (Å²) < 4.78 is 22.8. The Morgan fingerprint density at radius 2 is 1.89 bits per heavy atom. The molecule has 10 nitrogen and oxygen atoms in total. The monoisotopic (exact) mass is 503 g/mol. The number of carbonyl (C=O) groups excluding carboxylic acids is 2. The Balaban J connectivity index is 1.18. The summed E-state index contributed by atoms with van der Waals surface area (Å²) >= 11 is 0. The van der Waals surface area contributed by atoms with E-state index >= 15 is 0 Å². The molecule has 1 aromatic carbocycles. The molecule has 0 unspecified atom stereocenters. The van der Waals surface area contributed by atoms with Crippen molar-refractivity contribution in [2.75, 3.05) is 52.7 Å². The fraction of sp³-hybridized carbons (Fsp3) is 0.692. The first-order valence-electron chi connectivity index (χ1n) is 13.2. The molecule has 2 N–H and O–H groups in total. The zero-order chi connectivity index (χ0) is 24.9. The number of hydrogen-bond acceptors (Lipinski definition) is 8. The zero-order valence-corrected chi connectivity index (χ0v) is 20.7. The number of nitrogens with one attached hydrogen (secondary N) is 1. The van der Waals surface area contributed by atoms with Gasteiger partial charge in [-0.1, -0.05) is 6.42 Å². The van der Waals surface area contributed by atoms with E-state index in [4.69, 9.17) is 18.9 Å². The Kier molecular flexibility index (Phi) is 8.25. The van der Waals surface area contributed by atoms with Crippen molar-refractivity contribution < 1.29 is 33.6 Å². The van der Waals surface area contributed by atoms with Crippen molar-refractivity contribution in [3.63, 3.8) is 0 Å². The summed E-state index contributed by atoms with van der Waals surface area (Å²) in [5.41, 5.74) is 0.474. The van der Waals surface area contributed by atoms with Crippen molar-refractivity contribution in [2.45, 2.75) is 62.9 Å². The van der Waals surface area contributed by atoms with Gasteiger partial charge in [-0.3, -0.25) is 9.59 Å². The van der Waals surface area contributed by atoms with Crippen molar-refractivity contribution in [3.8, 4) is 11.5 Å². The van der Waals surface area contributed by atoms with Crippen LogP contribution in [0.15, 0.2) is 18.2 Å². The SMILES string of the molecule is O=C(C[C@@H]1CC[C@@H]2[C@H](COC[C@H](O)CN2C(=O)c2ccc3c(c2)OCO3)O1)NCCN1CCCCC1. The second-order valence-electron chi connectivity index (χ2n) is 10.1. The number of ether oxygens (including phenoxy) is 4. The number of benzene rings is 1. The third-order valence-corrected chi connectivity index (χ3v) is 7.47. The highest BCUT2D eigenvalue weighted by atomic mass is 16.7. The maximum atomic E-state index is 13.5. The molecule has 0 radical (unpaired) electrons. The van der Waals surface area contributed by atoms with E-state index in [9.17, 15) is 14.7 Å². The summed E-state index contributed by atoms with van der Waals surface area (Å²) in [6.07, 6.45) is 4.01. The molecule has 36 heavy (non-hydrogen) atoms. The van der Waals surface area contributed by atoms with Gasteiger partial charge in [-0.2, -0.15) is 0 Å². The van der Waals surface area contributed by atoms with Crippen LogP contribution >= 0.6 is 0 Å². The van der Waals surface area contributed by atoms with Gasteiger partial charge in [-0.25, -0.2) is 0 Å². The van der Waals surface area contributed by atoms with Crippen molar-refractivity contribution in [1.29, 1.82) is 0 Å². The van der Waals surface area contributed by atoms with Crippen LogP contribution in [0.4, 0.5) is 0 Å². The lowest BCUT2D eigenvalue weighted by molar-refractivity contribution is -0.150. The molecule has 4 aliphatic rings.